The Morgan fingerprint density at radius 3 is 2.41 bits per heavy atom. The molecule has 0 saturated carbocycles. The van der Waals surface area contributed by atoms with Gasteiger partial charge in [-0.25, -0.2) is 18.1 Å². The summed E-state index contributed by atoms with van der Waals surface area (Å²) in [5.74, 6) is 0. The molecule has 0 spiro atoms. The third-order valence-corrected chi connectivity index (χ3v) is 4.92. The summed E-state index contributed by atoms with van der Waals surface area (Å²) in [6.07, 6.45) is 1.25. The average molecular weight is 340 g/mol. The fourth-order valence-electron chi connectivity index (χ4n) is 2.07. The van der Waals surface area contributed by atoms with E-state index >= 15 is 0 Å². The highest BCUT2D eigenvalue weighted by Gasteiger charge is 2.19. The van der Waals surface area contributed by atoms with Gasteiger partial charge in [-0.2, -0.15) is 0 Å². The van der Waals surface area contributed by atoms with Crippen molar-refractivity contribution in [1.82, 2.24) is 14.6 Å². The summed E-state index contributed by atoms with van der Waals surface area (Å²) in [6.45, 7) is 0.266. The second kappa shape index (κ2) is 7.19. The highest BCUT2D eigenvalue weighted by atomic mass is 35.5. The van der Waals surface area contributed by atoms with E-state index in [2.05, 4.69) is 9.71 Å². The summed E-state index contributed by atoms with van der Waals surface area (Å²) in [7, 11) is 0.214. The van der Waals surface area contributed by atoms with Gasteiger partial charge >= 0.3 is 0 Å². The lowest BCUT2D eigenvalue weighted by atomic mass is 10.1. The van der Waals surface area contributed by atoms with Gasteiger partial charge in [-0.05, 0) is 31.8 Å². The molecule has 7 heteroatoms. The van der Waals surface area contributed by atoms with Gasteiger partial charge in [-0.1, -0.05) is 41.9 Å². The number of halogens is 1. The number of sulfonamides is 1. The molecule has 0 amide bonds. The highest BCUT2D eigenvalue weighted by Crippen LogP contribution is 2.18. The molecule has 1 unspecified atom stereocenters. The van der Waals surface area contributed by atoms with E-state index in [0.717, 1.165) is 5.56 Å². The lowest BCUT2D eigenvalue weighted by Crippen LogP contribution is -2.34. The van der Waals surface area contributed by atoms with Crippen LogP contribution in [0.25, 0.3) is 0 Å². The standard InChI is InChI=1S/C15H18ClN3O2S/c1-19(2)14(12-6-4-3-5-7-12)11-18-22(20,21)13-8-9-15(16)17-10-13/h3-10,14,18H,11H2,1-2H3. The zero-order chi connectivity index (χ0) is 16.2. The van der Waals surface area contributed by atoms with Crippen LogP contribution in [0.4, 0.5) is 0 Å². The van der Waals surface area contributed by atoms with E-state index in [1.807, 2.05) is 49.3 Å². The van der Waals surface area contributed by atoms with Gasteiger partial charge in [-0.15, -0.1) is 0 Å². The molecule has 0 radical (unpaired) electrons. The molecule has 22 heavy (non-hydrogen) atoms. The van der Waals surface area contributed by atoms with Crippen LogP contribution in [0.2, 0.25) is 5.15 Å². The lowest BCUT2D eigenvalue weighted by molar-refractivity contribution is 0.299. The van der Waals surface area contributed by atoms with Crippen molar-refractivity contribution in [3.8, 4) is 0 Å². The van der Waals surface area contributed by atoms with Gasteiger partial charge in [0.2, 0.25) is 10.0 Å². The maximum atomic E-state index is 12.3. The summed E-state index contributed by atoms with van der Waals surface area (Å²) in [5, 5.41) is 0.259. The zero-order valence-electron chi connectivity index (χ0n) is 12.4. The maximum Gasteiger partial charge on any atom is 0.242 e. The first-order chi connectivity index (χ1) is 10.4. The highest BCUT2D eigenvalue weighted by molar-refractivity contribution is 7.89. The molecule has 118 valence electrons. The molecule has 1 aromatic carbocycles. The van der Waals surface area contributed by atoms with E-state index in [-0.39, 0.29) is 22.6 Å². The van der Waals surface area contributed by atoms with Crippen molar-refractivity contribution in [3.05, 3.63) is 59.4 Å². The predicted octanol–water partition coefficient (Wildman–Crippen LogP) is 2.32. The van der Waals surface area contributed by atoms with Gasteiger partial charge in [0.05, 0.1) is 0 Å². The molecule has 5 nitrogen and oxygen atoms in total. The van der Waals surface area contributed by atoms with Crippen LogP contribution in [0.15, 0.2) is 53.6 Å². The molecule has 1 heterocycles. The Morgan fingerprint density at radius 1 is 1.18 bits per heavy atom. The Labute approximate surface area is 136 Å². The number of aromatic nitrogens is 1. The number of nitrogens with zero attached hydrogens (tertiary/aromatic N) is 2. The minimum absolute atomic E-state index is 0.0590. The molecule has 2 aromatic rings. The van der Waals surface area contributed by atoms with E-state index in [9.17, 15) is 8.42 Å². The molecule has 1 N–H and O–H groups in total. The zero-order valence-corrected chi connectivity index (χ0v) is 14.0. The molecule has 0 aliphatic heterocycles. The molecule has 1 aromatic heterocycles. The SMILES string of the molecule is CN(C)C(CNS(=O)(=O)c1ccc(Cl)nc1)c1ccccc1. The second-order valence-corrected chi connectivity index (χ2v) is 7.21. The van der Waals surface area contributed by atoms with Crippen molar-refractivity contribution < 1.29 is 8.42 Å². The first-order valence-electron chi connectivity index (χ1n) is 6.73. The number of hydrogen-bond donors (Lipinski definition) is 1. The minimum atomic E-state index is -3.61. The number of benzene rings is 1. The Hall–Kier alpha value is -1.47. The first-order valence-corrected chi connectivity index (χ1v) is 8.59. The van der Waals surface area contributed by atoms with Gasteiger partial charge in [0.15, 0.2) is 0 Å². The van der Waals surface area contributed by atoms with E-state index in [1.165, 1.54) is 18.3 Å². The van der Waals surface area contributed by atoms with Crippen LogP contribution in [0.3, 0.4) is 0 Å². The number of hydrogen-bond acceptors (Lipinski definition) is 4. The van der Waals surface area contributed by atoms with Gasteiger partial charge in [0, 0.05) is 18.8 Å². The summed E-state index contributed by atoms with van der Waals surface area (Å²) in [6, 6.07) is 12.6. The number of likely N-dealkylation sites (N-methyl/N-ethyl adjacent to an activating group) is 1. The Kier molecular flexibility index (Phi) is 5.52. The average Bonchev–Trinajstić information content (AvgIpc) is 2.48. The molecule has 0 aliphatic carbocycles. The van der Waals surface area contributed by atoms with Gasteiger partial charge < -0.3 is 4.90 Å². The summed E-state index contributed by atoms with van der Waals surface area (Å²) in [5.41, 5.74) is 1.05. The van der Waals surface area contributed by atoms with Crippen molar-refractivity contribution in [2.24, 2.45) is 0 Å². The number of rotatable bonds is 6. The maximum absolute atomic E-state index is 12.3. The third kappa shape index (κ3) is 4.27. The van der Waals surface area contributed by atoms with Crippen LogP contribution in [0, 0.1) is 0 Å². The lowest BCUT2D eigenvalue weighted by Gasteiger charge is -2.25. The number of nitrogens with one attached hydrogen (secondary N) is 1. The fourth-order valence-corrected chi connectivity index (χ4v) is 3.16. The molecule has 2 rings (SSSR count). The number of pyridine rings is 1. The van der Waals surface area contributed by atoms with Crippen LogP contribution in [0.1, 0.15) is 11.6 Å². The smallest absolute Gasteiger partial charge is 0.242 e. The molecule has 0 saturated heterocycles. The topological polar surface area (TPSA) is 62.3 Å². The first kappa shape index (κ1) is 16.9. The van der Waals surface area contributed by atoms with Crippen LogP contribution >= 0.6 is 11.6 Å². The molecule has 0 fully saturated rings. The molecular formula is C15H18ClN3O2S. The third-order valence-electron chi connectivity index (χ3n) is 3.28. The van der Waals surface area contributed by atoms with Gasteiger partial charge in [0.25, 0.3) is 0 Å². The summed E-state index contributed by atoms with van der Waals surface area (Å²) >= 11 is 5.68. The Morgan fingerprint density at radius 2 is 1.86 bits per heavy atom. The summed E-state index contributed by atoms with van der Waals surface area (Å²) in [4.78, 5) is 5.87. The van der Waals surface area contributed by atoms with E-state index in [0.29, 0.717) is 0 Å². The molecule has 1 atom stereocenters. The van der Waals surface area contributed by atoms with E-state index in [4.69, 9.17) is 11.6 Å². The molecule has 0 bridgehead atoms. The van der Waals surface area contributed by atoms with Crippen LogP contribution in [-0.4, -0.2) is 38.9 Å². The minimum Gasteiger partial charge on any atom is -0.301 e. The van der Waals surface area contributed by atoms with Crippen LogP contribution in [-0.2, 0) is 10.0 Å². The predicted molar refractivity (Wildman–Crippen MR) is 87.3 cm³/mol. The van der Waals surface area contributed by atoms with E-state index in [1.54, 1.807) is 0 Å². The van der Waals surface area contributed by atoms with Crippen molar-refractivity contribution in [2.75, 3.05) is 20.6 Å². The fraction of sp³-hybridized carbons (Fsp3) is 0.267. The normalized spacial score (nSPS) is 13.3. The van der Waals surface area contributed by atoms with Crippen LogP contribution < -0.4 is 4.72 Å². The largest absolute Gasteiger partial charge is 0.301 e. The monoisotopic (exact) mass is 339 g/mol. The molecule has 0 aliphatic rings. The van der Waals surface area contributed by atoms with Crippen molar-refractivity contribution in [2.45, 2.75) is 10.9 Å². The summed E-state index contributed by atoms with van der Waals surface area (Å²) < 4.78 is 27.2. The van der Waals surface area contributed by atoms with Gasteiger partial charge in [-0.3, -0.25) is 0 Å². The quantitative estimate of drug-likeness (QED) is 0.820. The Bertz CT molecular complexity index is 703. The van der Waals surface area contributed by atoms with Crippen LogP contribution in [0.5, 0.6) is 0 Å². The van der Waals surface area contributed by atoms with Crippen molar-refractivity contribution in [1.29, 1.82) is 0 Å². The Balaban J connectivity index is 2.14. The van der Waals surface area contributed by atoms with Crippen molar-refractivity contribution >= 4 is 21.6 Å². The second-order valence-electron chi connectivity index (χ2n) is 5.06. The van der Waals surface area contributed by atoms with Crippen molar-refractivity contribution in [3.63, 3.8) is 0 Å². The van der Waals surface area contributed by atoms with E-state index < -0.39 is 10.0 Å². The molecular weight excluding hydrogens is 322 g/mol. The van der Waals surface area contributed by atoms with Gasteiger partial charge in [0.1, 0.15) is 10.0 Å².